The van der Waals surface area contributed by atoms with E-state index in [2.05, 4.69) is 124 Å². The predicted molar refractivity (Wildman–Crippen MR) is 283 cm³/mol. The first kappa shape index (κ1) is 62.1. The minimum Gasteiger partial charge on any atom is -0.462 e. The number of ether oxygens (including phenoxy) is 3. The van der Waals surface area contributed by atoms with Gasteiger partial charge in [0.1, 0.15) is 13.2 Å². The average Bonchev–Trinajstić information content (AvgIpc) is 3.31. The van der Waals surface area contributed by atoms with Crippen LogP contribution >= 0.6 is 0 Å². The fourth-order valence-electron chi connectivity index (χ4n) is 7.03. The number of esters is 3. The van der Waals surface area contributed by atoms with Crippen LogP contribution in [0.3, 0.4) is 0 Å². The zero-order chi connectivity index (χ0) is 47.9. The summed E-state index contributed by atoms with van der Waals surface area (Å²) < 4.78 is 16.7. The van der Waals surface area contributed by atoms with E-state index in [9.17, 15) is 14.4 Å². The van der Waals surface area contributed by atoms with Crippen molar-refractivity contribution in [1.29, 1.82) is 0 Å². The van der Waals surface area contributed by atoms with Crippen molar-refractivity contribution in [2.24, 2.45) is 0 Å². The largest absolute Gasteiger partial charge is 0.462 e. The van der Waals surface area contributed by atoms with Crippen LogP contribution in [0.25, 0.3) is 0 Å². The first-order valence-electron chi connectivity index (χ1n) is 26.9. The molecule has 0 saturated carbocycles. The lowest BCUT2D eigenvalue weighted by atomic mass is 10.1. The van der Waals surface area contributed by atoms with Gasteiger partial charge in [0.2, 0.25) is 0 Å². The Kier molecular flexibility index (Phi) is 50.5. The third-order valence-electron chi connectivity index (χ3n) is 11.0. The number of carbonyl (C=O) groups excluding carboxylic acids is 3. The second-order valence-corrected chi connectivity index (χ2v) is 17.4. The van der Waals surface area contributed by atoms with Gasteiger partial charge >= 0.3 is 17.9 Å². The van der Waals surface area contributed by atoms with Crippen LogP contribution in [0.1, 0.15) is 233 Å². The van der Waals surface area contributed by atoms with Crippen LogP contribution < -0.4 is 0 Å². The molecule has 0 bridgehead atoms. The Hall–Kier alpha value is -3.93. The molecule has 374 valence electrons. The highest BCUT2D eigenvalue weighted by Gasteiger charge is 2.19. The van der Waals surface area contributed by atoms with Crippen molar-refractivity contribution in [3.05, 3.63) is 109 Å². The van der Waals surface area contributed by atoms with Crippen LogP contribution in [0.15, 0.2) is 109 Å². The zero-order valence-electron chi connectivity index (χ0n) is 42.7. The molecule has 6 heteroatoms. The Morgan fingerprint density at radius 3 is 1.02 bits per heavy atom. The number of hydrogen-bond donors (Lipinski definition) is 0. The third-order valence-corrected chi connectivity index (χ3v) is 11.0. The van der Waals surface area contributed by atoms with Gasteiger partial charge in [-0.05, 0) is 109 Å². The summed E-state index contributed by atoms with van der Waals surface area (Å²) in [7, 11) is 0. The Morgan fingerprint density at radius 1 is 0.318 bits per heavy atom. The van der Waals surface area contributed by atoms with E-state index in [1.165, 1.54) is 64.2 Å². The van der Waals surface area contributed by atoms with Gasteiger partial charge < -0.3 is 14.2 Å². The first-order valence-corrected chi connectivity index (χ1v) is 26.9. The summed E-state index contributed by atoms with van der Waals surface area (Å²) in [5.74, 6) is -1.01. The van der Waals surface area contributed by atoms with Crippen molar-refractivity contribution in [3.63, 3.8) is 0 Å². The number of hydrogen-bond acceptors (Lipinski definition) is 6. The van der Waals surface area contributed by atoms with Crippen LogP contribution in [0.4, 0.5) is 0 Å². The second kappa shape index (κ2) is 53.7. The molecule has 1 unspecified atom stereocenters. The van der Waals surface area contributed by atoms with Crippen molar-refractivity contribution in [2.45, 2.75) is 239 Å². The standard InChI is InChI=1S/C60H98O6/c1-4-7-10-13-16-19-22-25-27-29-30-31-33-35-38-41-44-47-50-53-59(62)65-56-57(55-64-58(61)52-49-46-43-40-37-34-24-21-18-15-12-9-6-3)66-60(63)54-51-48-45-42-39-36-32-28-26-23-20-17-14-11-8-5-2/h7-8,10-11,16-17,19-20,25-28,30-31,34,37,43,46,57H,4-6,9,12-15,18,21-24,29,32-33,35-36,38-42,44-45,47-56H2,1-3H3/b10-7+,11-8+,19-16+,20-17+,27-25+,28-26+,31-30+,37-34+,46-43+. The molecule has 0 rings (SSSR count). The molecular formula is C60H98O6. The zero-order valence-corrected chi connectivity index (χ0v) is 42.7. The SMILES string of the molecule is CC/C=C/C/C=C/C/C=C/C/C=C/CCCCCCCCC(=O)OCC(COC(=O)CC/C=C/C/C=C/CCCCCCCC)OC(=O)CCCCCCCC/C=C/C/C=C/C/C=C/CC. The number of rotatable bonds is 47. The lowest BCUT2D eigenvalue weighted by molar-refractivity contribution is -0.166. The molecule has 0 fully saturated rings. The summed E-state index contributed by atoms with van der Waals surface area (Å²) in [6, 6.07) is 0. The minimum absolute atomic E-state index is 0.110. The van der Waals surface area contributed by atoms with Gasteiger partial charge in [0, 0.05) is 19.3 Å². The summed E-state index contributed by atoms with van der Waals surface area (Å²) in [6.07, 6.45) is 72.3. The van der Waals surface area contributed by atoms with Crippen LogP contribution in [0.2, 0.25) is 0 Å². The third kappa shape index (κ3) is 51.1. The second-order valence-electron chi connectivity index (χ2n) is 17.4. The van der Waals surface area contributed by atoms with Crippen molar-refractivity contribution < 1.29 is 28.6 Å². The Labute approximate surface area is 406 Å². The molecule has 0 heterocycles. The Morgan fingerprint density at radius 2 is 0.621 bits per heavy atom. The van der Waals surface area contributed by atoms with Crippen LogP contribution in [0, 0.1) is 0 Å². The van der Waals surface area contributed by atoms with Gasteiger partial charge in [-0.2, -0.15) is 0 Å². The molecule has 0 amide bonds. The molecule has 0 aliphatic carbocycles. The number of allylic oxidation sites excluding steroid dienone is 18. The van der Waals surface area contributed by atoms with E-state index in [0.717, 1.165) is 122 Å². The molecule has 66 heavy (non-hydrogen) atoms. The summed E-state index contributed by atoms with van der Waals surface area (Å²) in [6.45, 7) is 6.32. The molecule has 0 aromatic rings. The molecule has 1 atom stereocenters. The monoisotopic (exact) mass is 915 g/mol. The lowest BCUT2D eigenvalue weighted by Crippen LogP contribution is -2.30. The van der Waals surface area contributed by atoms with Gasteiger partial charge in [0.05, 0.1) is 0 Å². The molecule has 0 aromatic heterocycles. The van der Waals surface area contributed by atoms with Gasteiger partial charge in [-0.15, -0.1) is 0 Å². The Balaban J connectivity index is 4.49. The van der Waals surface area contributed by atoms with Crippen molar-refractivity contribution >= 4 is 17.9 Å². The van der Waals surface area contributed by atoms with Gasteiger partial charge in [-0.25, -0.2) is 0 Å². The molecule has 0 saturated heterocycles. The van der Waals surface area contributed by atoms with Crippen LogP contribution in [0.5, 0.6) is 0 Å². The molecule has 0 aromatic carbocycles. The molecule has 0 radical (unpaired) electrons. The molecular weight excluding hydrogens is 817 g/mol. The normalized spacial score (nSPS) is 13.0. The molecule has 0 aliphatic heterocycles. The molecule has 6 nitrogen and oxygen atoms in total. The topological polar surface area (TPSA) is 78.9 Å². The minimum atomic E-state index is -0.815. The summed E-state index contributed by atoms with van der Waals surface area (Å²) in [5.41, 5.74) is 0. The van der Waals surface area contributed by atoms with Crippen molar-refractivity contribution in [3.8, 4) is 0 Å². The van der Waals surface area contributed by atoms with Crippen molar-refractivity contribution in [2.75, 3.05) is 13.2 Å². The van der Waals surface area contributed by atoms with E-state index in [0.29, 0.717) is 19.3 Å². The van der Waals surface area contributed by atoms with Gasteiger partial charge in [0.15, 0.2) is 6.10 Å². The highest BCUT2D eigenvalue weighted by Crippen LogP contribution is 2.13. The van der Waals surface area contributed by atoms with E-state index in [-0.39, 0.29) is 37.5 Å². The van der Waals surface area contributed by atoms with Gasteiger partial charge in [-0.1, -0.05) is 214 Å². The maximum atomic E-state index is 12.8. The van der Waals surface area contributed by atoms with E-state index >= 15 is 0 Å². The van der Waals surface area contributed by atoms with Gasteiger partial charge in [-0.3, -0.25) is 14.4 Å². The summed E-state index contributed by atoms with van der Waals surface area (Å²) in [5, 5.41) is 0. The molecule has 0 aliphatic rings. The van der Waals surface area contributed by atoms with E-state index in [1.54, 1.807) is 0 Å². The van der Waals surface area contributed by atoms with Gasteiger partial charge in [0.25, 0.3) is 0 Å². The highest BCUT2D eigenvalue weighted by molar-refractivity contribution is 5.71. The lowest BCUT2D eigenvalue weighted by Gasteiger charge is -2.18. The number of carbonyl (C=O) groups is 3. The fourth-order valence-corrected chi connectivity index (χ4v) is 7.03. The first-order chi connectivity index (χ1) is 32.5. The summed E-state index contributed by atoms with van der Waals surface area (Å²) in [4.78, 5) is 38.0. The fraction of sp³-hybridized carbons (Fsp3) is 0.650. The molecule has 0 spiro atoms. The van der Waals surface area contributed by atoms with E-state index in [1.807, 2.05) is 6.08 Å². The smallest absolute Gasteiger partial charge is 0.306 e. The van der Waals surface area contributed by atoms with Crippen LogP contribution in [-0.4, -0.2) is 37.2 Å². The summed E-state index contributed by atoms with van der Waals surface area (Å²) >= 11 is 0. The maximum absolute atomic E-state index is 12.8. The van der Waals surface area contributed by atoms with Crippen LogP contribution in [-0.2, 0) is 28.6 Å². The van der Waals surface area contributed by atoms with E-state index in [4.69, 9.17) is 14.2 Å². The average molecular weight is 915 g/mol. The quantitative estimate of drug-likeness (QED) is 0.0262. The van der Waals surface area contributed by atoms with E-state index < -0.39 is 6.10 Å². The number of unbranched alkanes of at least 4 members (excludes halogenated alkanes) is 18. The Bertz CT molecular complexity index is 1370. The van der Waals surface area contributed by atoms with Crippen molar-refractivity contribution in [1.82, 2.24) is 0 Å². The maximum Gasteiger partial charge on any atom is 0.306 e. The predicted octanol–water partition coefficient (Wildman–Crippen LogP) is 17.9. The highest BCUT2D eigenvalue weighted by atomic mass is 16.6. The molecule has 0 N–H and O–H groups in total.